The number of Topliss-reactive ketones (excluding diaryl/α,β-unsaturated/α-hetero) is 1. The Hall–Kier alpha value is -2.24. The SMILES string of the molecule is O=C(C=NO)c1ccccc1[N+](=O)[O-]. The molecular formula is C8H6N2O4. The van der Waals surface area contributed by atoms with Gasteiger partial charge in [-0.15, -0.1) is 0 Å². The summed E-state index contributed by atoms with van der Waals surface area (Å²) < 4.78 is 0. The van der Waals surface area contributed by atoms with E-state index in [-0.39, 0.29) is 11.3 Å². The molecule has 1 aromatic rings. The summed E-state index contributed by atoms with van der Waals surface area (Å²) in [5.74, 6) is -0.709. The Labute approximate surface area is 78.6 Å². The van der Waals surface area contributed by atoms with Crippen LogP contribution in [-0.4, -0.2) is 22.1 Å². The van der Waals surface area contributed by atoms with Gasteiger partial charge < -0.3 is 5.21 Å². The fourth-order valence-corrected chi connectivity index (χ4v) is 0.963. The molecular weight excluding hydrogens is 188 g/mol. The molecule has 0 atom stereocenters. The molecule has 0 aliphatic rings. The summed E-state index contributed by atoms with van der Waals surface area (Å²) in [6.45, 7) is 0. The van der Waals surface area contributed by atoms with E-state index in [1.165, 1.54) is 24.3 Å². The molecule has 1 N–H and O–H groups in total. The first-order valence-corrected chi connectivity index (χ1v) is 3.62. The first-order chi connectivity index (χ1) is 6.66. The minimum atomic E-state index is -0.709. The molecule has 1 aromatic carbocycles. The van der Waals surface area contributed by atoms with Crippen molar-refractivity contribution < 1.29 is 14.9 Å². The van der Waals surface area contributed by atoms with Crippen LogP contribution in [0, 0.1) is 10.1 Å². The molecule has 0 saturated heterocycles. The van der Waals surface area contributed by atoms with Crippen molar-refractivity contribution in [2.75, 3.05) is 0 Å². The van der Waals surface area contributed by atoms with E-state index >= 15 is 0 Å². The predicted molar refractivity (Wildman–Crippen MR) is 47.7 cm³/mol. The van der Waals surface area contributed by atoms with Crippen LogP contribution < -0.4 is 0 Å². The molecule has 0 aliphatic carbocycles. The second kappa shape index (κ2) is 4.13. The number of carbonyl (C=O) groups excluding carboxylic acids is 1. The van der Waals surface area contributed by atoms with Crippen LogP contribution in [0.1, 0.15) is 10.4 Å². The van der Waals surface area contributed by atoms with Crippen LogP contribution in [0.4, 0.5) is 5.69 Å². The molecule has 72 valence electrons. The predicted octanol–water partition coefficient (Wildman–Crippen LogP) is 1.24. The smallest absolute Gasteiger partial charge is 0.280 e. The van der Waals surface area contributed by atoms with Gasteiger partial charge in [0.1, 0.15) is 11.8 Å². The Kier molecular flexibility index (Phi) is 2.90. The Morgan fingerprint density at radius 1 is 1.50 bits per heavy atom. The lowest BCUT2D eigenvalue weighted by Gasteiger charge is -1.96. The molecule has 0 heterocycles. The van der Waals surface area contributed by atoms with Crippen molar-refractivity contribution >= 4 is 17.7 Å². The lowest BCUT2D eigenvalue weighted by Crippen LogP contribution is -2.04. The monoisotopic (exact) mass is 194 g/mol. The maximum Gasteiger partial charge on any atom is 0.280 e. The number of oxime groups is 1. The molecule has 0 bridgehead atoms. The summed E-state index contributed by atoms with van der Waals surface area (Å²) >= 11 is 0. The quantitative estimate of drug-likeness (QED) is 0.257. The number of benzene rings is 1. The van der Waals surface area contributed by atoms with Gasteiger partial charge in [0, 0.05) is 6.07 Å². The summed E-state index contributed by atoms with van der Waals surface area (Å²) in [7, 11) is 0. The summed E-state index contributed by atoms with van der Waals surface area (Å²) in [4.78, 5) is 21.0. The van der Waals surface area contributed by atoms with E-state index in [4.69, 9.17) is 5.21 Å². The van der Waals surface area contributed by atoms with Gasteiger partial charge in [-0.25, -0.2) is 0 Å². The molecule has 1 rings (SSSR count). The second-order valence-corrected chi connectivity index (χ2v) is 2.38. The average molecular weight is 194 g/mol. The van der Waals surface area contributed by atoms with Crippen molar-refractivity contribution in [2.45, 2.75) is 0 Å². The topological polar surface area (TPSA) is 92.8 Å². The Morgan fingerprint density at radius 3 is 2.71 bits per heavy atom. The molecule has 0 aliphatic heterocycles. The molecule has 0 aromatic heterocycles. The lowest BCUT2D eigenvalue weighted by molar-refractivity contribution is -0.385. The van der Waals surface area contributed by atoms with Gasteiger partial charge >= 0.3 is 0 Å². The van der Waals surface area contributed by atoms with E-state index in [0.29, 0.717) is 6.21 Å². The van der Waals surface area contributed by atoms with Gasteiger partial charge in [-0.3, -0.25) is 14.9 Å². The lowest BCUT2D eigenvalue weighted by atomic mass is 10.1. The van der Waals surface area contributed by atoms with Crippen LogP contribution in [0.2, 0.25) is 0 Å². The van der Waals surface area contributed by atoms with Gasteiger partial charge in [-0.2, -0.15) is 0 Å². The van der Waals surface area contributed by atoms with Crippen LogP contribution in [0.25, 0.3) is 0 Å². The number of nitro benzene ring substituents is 1. The normalized spacial score (nSPS) is 10.3. The first-order valence-electron chi connectivity index (χ1n) is 3.62. The van der Waals surface area contributed by atoms with E-state index in [1.54, 1.807) is 0 Å². The van der Waals surface area contributed by atoms with Crippen molar-refractivity contribution in [1.29, 1.82) is 0 Å². The standard InChI is InChI=1S/C8H6N2O4/c11-8(5-9-12)6-3-1-2-4-7(6)10(13)14/h1-5,12H. The zero-order valence-electron chi connectivity index (χ0n) is 6.95. The van der Waals surface area contributed by atoms with Crippen LogP contribution in [0.15, 0.2) is 29.4 Å². The molecule has 0 saturated carbocycles. The van der Waals surface area contributed by atoms with Crippen molar-refractivity contribution in [1.82, 2.24) is 0 Å². The average Bonchev–Trinajstić information content (AvgIpc) is 2.18. The fraction of sp³-hybridized carbons (Fsp3) is 0. The van der Waals surface area contributed by atoms with Crippen LogP contribution >= 0.6 is 0 Å². The number of carbonyl (C=O) groups is 1. The summed E-state index contributed by atoms with van der Waals surface area (Å²) in [6, 6.07) is 5.44. The number of nitrogens with zero attached hydrogens (tertiary/aromatic N) is 2. The van der Waals surface area contributed by atoms with Crippen LogP contribution in [-0.2, 0) is 0 Å². The highest BCUT2D eigenvalue weighted by Gasteiger charge is 2.17. The third kappa shape index (κ3) is 1.92. The summed E-state index contributed by atoms with van der Waals surface area (Å²) in [5.41, 5.74) is -0.410. The summed E-state index contributed by atoms with van der Waals surface area (Å²) in [6.07, 6.45) is 0.613. The second-order valence-electron chi connectivity index (χ2n) is 2.38. The highest BCUT2D eigenvalue weighted by atomic mass is 16.6. The van der Waals surface area contributed by atoms with Crippen molar-refractivity contribution in [3.05, 3.63) is 39.9 Å². The first kappa shape index (κ1) is 9.85. The van der Waals surface area contributed by atoms with Crippen molar-refractivity contribution in [3.8, 4) is 0 Å². The molecule has 0 amide bonds. The highest BCUT2D eigenvalue weighted by molar-refractivity contribution is 6.36. The van der Waals surface area contributed by atoms with Crippen LogP contribution in [0.3, 0.4) is 0 Å². The Morgan fingerprint density at radius 2 is 2.14 bits per heavy atom. The maximum absolute atomic E-state index is 11.2. The van der Waals surface area contributed by atoms with Crippen molar-refractivity contribution in [3.63, 3.8) is 0 Å². The fourth-order valence-electron chi connectivity index (χ4n) is 0.963. The van der Waals surface area contributed by atoms with Gasteiger partial charge in [0.15, 0.2) is 0 Å². The van der Waals surface area contributed by atoms with Crippen LogP contribution in [0.5, 0.6) is 0 Å². The third-order valence-electron chi connectivity index (χ3n) is 1.54. The third-order valence-corrected chi connectivity index (χ3v) is 1.54. The number of rotatable bonds is 3. The number of ketones is 1. The molecule has 0 spiro atoms. The van der Waals surface area contributed by atoms with E-state index in [1.807, 2.05) is 0 Å². The van der Waals surface area contributed by atoms with E-state index < -0.39 is 10.7 Å². The van der Waals surface area contributed by atoms with Gasteiger partial charge in [0.25, 0.3) is 5.69 Å². The molecule has 6 nitrogen and oxygen atoms in total. The number of hydrogen-bond donors (Lipinski definition) is 1. The number of para-hydroxylation sites is 1. The molecule has 0 fully saturated rings. The molecule has 6 heteroatoms. The van der Waals surface area contributed by atoms with Crippen molar-refractivity contribution in [2.24, 2.45) is 5.16 Å². The van der Waals surface area contributed by atoms with E-state index in [2.05, 4.69) is 5.16 Å². The number of hydrogen-bond acceptors (Lipinski definition) is 5. The molecule has 14 heavy (non-hydrogen) atoms. The Balaban J connectivity index is 3.20. The van der Waals surface area contributed by atoms with Gasteiger partial charge in [0.05, 0.1) is 4.92 Å². The molecule has 0 radical (unpaired) electrons. The minimum Gasteiger partial charge on any atom is -0.411 e. The van der Waals surface area contributed by atoms with E-state index in [0.717, 1.165) is 0 Å². The largest absolute Gasteiger partial charge is 0.411 e. The van der Waals surface area contributed by atoms with E-state index in [9.17, 15) is 14.9 Å². The summed E-state index contributed by atoms with van der Waals surface area (Å²) in [5, 5.41) is 21.1. The zero-order chi connectivity index (χ0) is 10.6. The van der Waals surface area contributed by atoms with Gasteiger partial charge in [0.2, 0.25) is 5.78 Å². The number of nitro groups is 1. The minimum absolute atomic E-state index is 0.102. The van der Waals surface area contributed by atoms with Gasteiger partial charge in [-0.05, 0) is 6.07 Å². The molecule has 0 unspecified atom stereocenters. The zero-order valence-corrected chi connectivity index (χ0v) is 6.95. The maximum atomic E-state index is 11.2. The Bertz CT molecular complexity index is 400. The van der Waals surface area contributed by atoms with Gasteiger partial charge in [-0.1, -0.05) is 17.3 Å². The highest BCUT2D eigenvalue weighted by Crippen LogP contribution is 2.17.